The number of hydrogen-bond acceptors (Lipinski definition) is 7. The van der Waals surface area contributed by atoms with Crippen LogP contribution < -0.4 is 11.1 Å². The van der Waals surface area contributed by atoms with Gasteiger partial charge in [-0.15, -0.1) is 0 Å². The molecular formula is C16H23N7S. The van der Waals surface area contributed by atoms with Gasteiger partial charge in [-0.1, -0.05) is 13.8 Å². The van der Waals surface area contributed by atoms with Crippen molar-refractivity contribution in [3.63, 3.8) is 0 Å². The van der Waals surface area contributed by atoms with Crippen LogP contribution in [0.5, 0.6) is 0 Å². The van der Waals surface area contributed by atoms with Crippen LogP contribution in [0, 0.1) is 0 Å². The van der Waals surface area contributed by atoms with Gasteiger partial charge in [0.25, 0.3) is 0 Å². The standard InChI is InChI=1S/C16H23N7S/c1-4-23(5-2)13(11-6-7-24-10-11)9-18-16-20-14(17)12-8-19-22(3)15(12)21-16/h6-8,10,13H,4-5,9H2,1-3H3,(H3,17,18,20,21)/t13-/m0/s1. The average Bonchev–Trinajstić information content (AvgIpc) is 3.22. The minimum Gasteiger partial charge on any atom is -0.383 e. The molecule has 8 heteroatoms. The van der Waals surface area contributed by atoms with E-state index in [1.807, 2.05) is 7.05 Å². The van der Waals surface area contributed by atoms with Crippen molar-refractivity contribution in [3.8, 4) is 0 Å². The maximum atomic E-state index is 6.03. The van der Waals surface area contributed by atoms with Crippen molar-refractivity contribution in [2.45, 2.75) is 19.9 Å². The lowest BCUT2D eigenvalue weighted by Crippen LogP contribution is -2.33. The third kappa shape index (κ3) is 3.20. The Morgan fingerprint density at radius 1 is 1.33 bits per heavy atom. The van der Waals surface area contributed by atoms with Crippen LogP contribution in [0.4, 0.5) is 11.8 Å². The van der Waals surface area contributed by atoms with E-state index < -0.39 is 0 Å². The smallest absolute Gasteiger partial charge is 0.226 e. The minimum atomic E-state index is 0.276. The highest BCUT2D eigenvalue weighted by atomic mass is 32.1. The fraction of sp³-hybridized carbons (Fsp3) is 0.438. The quantitative estimate of drug-likeness (QED) is 0.684. The SMILES string of the molecule is CCN(CC)[C@@H](CNc1nc(N)c2cnn(C)c2n1)c1ccsc1. The highest BCUT2D eigenvalue weighted by Gasteiger charge is 2.19. The summed E-state index contributed by atoms with van der Waals surface area (Å²) in [4.78, 5) is 11.3. The second-order valence-corrected chi connectivity index (χ2v) is 6.39. The zero-order valence-corrected chi connectivity index (χ0v) is 15.0. The molecule has 0 radical (unpaired) electrons. The zero-order chi connectivity index (χ0) is 17.1. The number of fused-ring (bicyclic) bond motifs is 1. The summed E-state index contributed by atoms with van der Waals surface area (Å²) in [7, 11) is 1.85. The molecule has 3 aromatic heterocycles. The number of nitrogen functional groups attached to an aromatic ring is 1. The number of likely N-dealkylation sites (N-methyl/N-ethyl adjacent to an activating group) is 1. The van der Waals surface area contributed by atoms with Crippen molar-refractivity contribution in [3.05, 3.63) is 28.6 Å². The Morgan fingerprint density at radius 2 is 2.12 bits per heavy atom. The molecule has 3 rings (SSSR count). The van der Waals surface area contributed by atoms with Crippen molar-refractivity contribution in [2.24, 2.45) is 7.05 Å². The van der Waals surface area contributed by atoms with Crippen LogP contribution >= 0.6 is 11.3 Å². The summed E-state index contributed by atoms with van der Waals surface area (Å²) >= 11 is 1.72. The molecule has 24 heavy (non-hydrogen) atoms. The lowest BCUT2D eigenvalue weighted by atomic mass is 10.1. The molecule has 1 atom stereocenters. The highest BCUT2D eigenvalue weighted by molar-refractivity contribution is 7.07. The maximum absolute atomic E-state index is 6.03. The summed E-state index contributed by atoms with van der Waals surface area (Å²) in [5, 5.41) is 12.6. The van der Waals surface area contributed by atoms with Gasteiger partial charge in [0.2, 0.25) is 5.95 Å². The number of hydrogen-bond donors (Lipinski definition) is 2. The third-order valence-corrected chi connectivity index (χ3v) is 4.96. The highest BCUT2D eigenvalue weighted by Crippen LogP contribution is 2.24. The van der Waals surface area contributed by atoms with E-state index in [0.717, 1.165) is 30.7 Å². The van der Waals surface area contributed by atoms with E-state index in [1.165, 1.54) is 5.56 Å². The van der Waals surface area contributed by atoms with Gasteiger partial charge in [-0.3, -0.25) is 9.58 Å². The Hall–Kier alpha value is -2.19. The van der Waals surface area contributed by atoms with Gasteiger partial charge >= 0.3 is 0 Å². The van der Waals surface area contributed by atoms with E-state index in [2.05, 4.69) is 56.0 Å². The first-order valence-corrected chi connectivity index (χ1v) is 9.03. The number of nitrogens with zero attached hydrogens (tertiary/aromatic N) is 5. The maximum Gasteiger partial charge on any atom is 0.226 e. The average molecular weight is 345 g/mol. The molecule has 0 bridgehead atoms. The van der Waals surface area contributed by atoms with Crippen LogP contribution in [0.2, 0.25) is 0 Å². The van der Waals surface area contributed by atoms with E-state index in [-0.39, 0.29) is 6.04 Å². The Kier molecular flexibility index (Phi) is 4.96. The fourth-order valence-electron chi connectivity index (χ4n) is 2.90. The number of nitrogens with two attached hydrogens (primary N) is 1. The molecule has 0 amide bonds. The van der Waals surface area contributed by atoms with Crippen LogP contribution in [-0.4, -0.2) is 44.3 Å². The van der Waals surface area contributed by atoms with E-state index in [9.17, 15) is 0 Å². The van der Waals surface area contributed by atoms with Crippen LogP contribution in [0.1, 0.15) is 25.5 Å². The first kappa shape index (κ1) is 16.7. The molecule has 3 heterocycles. The molecule has 0 aromatic carbocycles. The van der Waals surface area contributed by atoms with Crippen molar-refractivity contribution in [1.29, 1.82) is 0 Å². The molecule has 3 aromatic rings. The predicted molar refractivity (Wildman–Crippen MR) is 99.2 cm³/mol. The number of anilines is 2. The summed E-state index contributed by atoms with van der Waals surface area (Å²) in [6, 6.07) is 2.45. The van der Waals surface area contributed by atoms with Gasteiger partial charge in [-0.05, 0) is 35.5 Å². The molecule has 0 unspecified atom stereocenters. The second kappa shape index (κ2) is 7.14. The van der Waals surface area contributed by atoms with Crippen LogP contribution in [0.15, 0.2) is 23.0 Å². The summed E-state index contributed by atoms with van der Waals surface area (Å²) < 4.78 is 1.71. The van der Waals surface area contributed by atoms with E-state index in [0.29, 0.717) is 11.8 Å². The van der Waals surface area contributed by atoms with E-state index >= 15 is 0 Å². The molecule has 0 aliphatic carbocycles. The summed E-state index contributed by atoms with van der Waals surface area (Å²) in [5.41, 5.74) is 8.08. The number of aryl methyl sites for hydroxylation is 1. The topological polar surface area (TPSA) is 84.9 Å². The Balaban J connectivity index is 1.83. The number of aromatic nitrogens is 4. The normalized spacial score (nSPS) is 12.8. The molecule has 3 N–H and O–H groups in total. The molecule has 0 aliphatic rings. The van der Waals surface area contributed by atoms with Gasteiger partial charge in [-0.2, -0.15) is 26.4 Å². The van der Waals surface area contributed by atoms with Gasteiger partial charge in [0, 0.05) is 13.6 Å². The van der Waals surface area contributed by atoms with Crippen LogP contribution in [0.25, 0.3) is 11.0 Å². The molecule has 128 valence electrons. The largest absolute Gasteiger partial charge is 0.383 e. The van der Waals surface area contributed by atoms with Gasteiger partial charge in [0.15, 0.2) is 5.65 Å². The predicted octanol–water partition coefficient (Wildman–Crippen LogP) is 2.50. The fourth-order valence-corrected chi connectivity index (χ4v) is 3.60. The first-order valence-electron chi connectivity index (χ1n) is 8.09. The molecule has 0 saturated heterocycles. The summed E-state index contributed by atoms with van der Waals surface area (Å²) in [6.07, 6.45) is 1.69. The monoisotopic (exact) mass is 345 g/mol. The van der Waals surface area contributed by atoms with Gasteiger partial charge in [0.05, 0.1) is 17.6 Å². The second-order valence-electron chi connectivity index (χ2n) is 5.61. The third-order valence-electron chi connectivity index (χ3n) is 4.26. The number of nitrogens with one attached hydrogen (secondary N) is 1. The van der Waals surface area contributed by atoms with E-state index in [4.69, 9.17) is 5.73 Å². The van der Waals surface area contributed by atoms with Crippen LogP contribution in [0.3, 0.4) is 0 Å². The van der Waals surface area contributed by atoms with Crippen molar-refractivity contribution in [2.75, 3.05) is 30.7 Å². The summed E-state index contributed by atoms with van der Waals surface area (Å²) in [5.74, 6) is 0.988. The molecular weight excluding hydrogens is 322 g/mol. The van der Waals surface area contributed by atoms with E-state index in [1.54, 1.807) is 22.2 Å². The molecule has 0 aliphatic heterocycles. The van der Waals surface area contributed by atoms with Gasteiger partial charge in [-0.25, -0.2) is 0 Å². The minimum absolute atomic E-state index is 0.276. The molecule has 7 nitrogen and oxygen atoms in total. The molecule has 0 fully saturated rings. The molecule has 0 spiro atoms. The van der Waals surface area contributed by atoms with Gasteiger partial charge < -0.3 is 11.1 Å². The van der Waals surface area contributed by atoms with Gasteiger partial charge in [0.1, 0.15) is 5.82 Å². The number of rotatable bonds is 7. The molecule has 0 saturated carbocycles. The Bertz CT molecular complexity index is 792. The van der Waals surface area contributed by atoms with Crippen LogP contribution in [-0.2, 0) is 7.05 Å². The summed E-state index contributed by atoms with van der Waals surface area (Å²) in [6.45, 7) is 7.06. The first-order chi connectivity index (χ1) is 11.6. The lowest BCUT2D eigenvalue weighted by Gasteiger charge is -2.29. The Morgan fingerprint density at radius 3 is 2.79 bits per heavy atom. The number of thiophene rings is 1. The van der Waals surface area contributed by atoms with Crippen molar-refractivity contribution in [1.82, 2.24) is 24.6 Å². The lowest BCUT2D eigenvalue weighted by molar-refractivity contribution is 0.228. The Labute approximate surface area is 145 Å². The van der Waals surface area contributed by atoms with Crippen molar-refractivity contribution >= 4 is 34.1 Å². The zero-order valence-electron chi connectivity index (χ0n) is 14.2. The van der Waals surface area contributed by atoms with Crippen molar-refractivity contribution < 1.29 is 0 Å².